The maximum Gasteiger partial charge on any atom is 0.200 e. The predicted molar refractivity (Wildman–Crippen MR) is 66.0 cm³/mol. The fourth-order valence-corrected chi connectivity index (χ4v) is 2.30. The Morgan fingerprint density at radius 1 is 1.59 bits per heavy atom. The van der Waals surface area contributed by atoms with Crippen LogP contribution in [-0.2, 0) is 6.42 Å². The Morgan fingerprint density at radius 3 is 3.29 bits per heavy atom. The fourth-order valence-electron chi connectivity index (χ4n) is 2.30. The number of hydrogen-bond acceptors (Lipinski definition) is 5. The lowest BCUT2D eigenvalue weighted by Crippen LogP contribution is -2.10. The third-order valence-electron chi connectivity index (χ3n) is 3.23. The summed E-state index contributed by atoms with van der Waals surface area (Å²) in [5.41, 5.74) is 2.40. The van der Waals surface area contributed by atoms with Gasteiger partial charge in [0.2, 0.25) is 5.65 Å². The van der Waals surface area contributed by atoms with E-state index in [-0.39, 0.29) is 0 Å². The van der Waals surface area contributed by atoms with Crippen molar-refractivity contribution in [3.05, 3.63) is 18.2 Å². The Kier molecular flexibility index (Phi) is 2.68. The molecular formula is C12H16N4O. The lowest BCUT2D eigenvalue weighted by atomic mass is 10.1. The van der Waals surface area contributed by atoms with Gasteiger partial charge in [0.05, 0.1) is 5.69 Å². The number of anilines is 1. The molecule has 0 bridgehead atoms. The van der Waals surface area contributed by atoms with Crippen LogP contribution in [0.5, 0.6) is 0 Å². The van der Waals surface area contributed by atoms with Crippen molar-refractivity contribution < 1.29 is 4.42 Å². The van der Waals surface area contributed by atoms with E-state index in [9.17, 15) is 0 Å². The van der Waals surface area contributed by atoms with E-state index in [1.807, 2.05) is 13.1 Å². The average Bonchev–Trinajstić information content (AvgIpc) is 2.97. The fraction of sp³-hybridized carbons (Fsp3) is 0.500. The van der Waals surface area contributed by atoms with Crippen molar-refractivity contribution in [3.63, 3.8) is 0 Å². The van der Waals surface area contributed by atoms with Crippen LogP contribution in [0.2, 0.25) is 0 Å². The van der Waals surface area contributed by atoms with Gasteiger partial charge in [-0.05, 0) is 31.5 Å². The van der Waals surface area contributed by atoms with Crippen LogP contribution in [0.3, 0.4) is 0 Å². The second-order valence-corrected chi connectivity index (χ2v) is 4.43. The molecule has 1 aliphatic heterocycles. The van der Waals surface area contributed by atoms with Gasteiger partial charge in [-0.15, -0.1) is 0 Å². The first-order valence-corrected chi connectivity index (χ1v) is 5.99. The van der Waals surface area contributed by atoms with Gasteiger partial charge in [-0.3, -0.25) is 0 Å². The van der Waals surface area contributed by atoms with Crippen molar-refractivity contribution in [1.29, 1.82) is 0 Å². The van der Waals surface area contributed by atoms with Crippen molar-refractivity contribution in [2.24, 2.45) is 5.92 Å². The third kappa shape index (κ3) is 1.98. The highest BCUT2D eigenvalue weighted by atomic mass is 16.3. The minimum absolute atomic E-state index is 0.640. The molecule has 5 nitrogen and oxygen atoms in total. The number of oxazole rings is 1. The van der Waals surface area contributed by atoms with Crippen LogP contribution in [0.25, 0.3) is 11.2 Å². The van der Waals surface area contributed by atoms with Gasteiger partial charge in [0.15, 0.2) is 11.5 Å². The molecule has 3 rings (SSSR count). The maximum absolute atomic E-state index is 5.79. The predicted octanol–water partition coefficient (Wildman–Crippen LogP) is 1.42. The van der Waals surface area contributed by atoms with Gasteiger partial charge in [-0.25, -0.2) is 4.98 Å². The molecule has 0 aliphatic carbocycles. The lowest BCUT2D eigenvalue weighted by Gasteiger charge is -2.02. The quantitative estimate of drug-likeness (QED) is 0.838. The molecule has 0 amide bonds. The SMILES string of the molecule is CNc1ccnc2nc(CC3CCNC3)oc12. The first kappa shape index (κ1) is 10.5. The van der Waals surface area contributed by atoms with Crippen molar-refractivity contribution in [2.75, 3.05) is 25.5 Å². The number of hydrogen-bond donors (Lipinski definition) is 2. The zero-order valence-corrected chi connectivity index (χ0v) is 9.86. The molecule has 0 radical (unpaired) electrons. The third-order valence-corrected chi connectivity index (χ3v) is 3.23. The summed E-state index contributed by atoms with van der Waals surface area (Å²) >= 11 is 0. The van der Waals surface area contributed by atoms with Gasteiger partial charge >= 0.3 is 0 Å². The molecule has 1 unspecified atom stereocenters. The van der Waals surface area contributed by atoms with Gasteiger partial charge in [-0.1, -0.05) is 0 Å². The minimum atomic E-state index is 0.640. The normalized spacial score (nSPS) is 19.9. The van der Waals surface area contributed by atoms with Crippen LogP contribution >= 0.6 is 0 Å². The number of aromatic nitrogens is 2. The van der Waals surface area contributed by atoms with Crippen molar-refractivity contribution in [1.82, 2.24) is 15.3 Å². The first-order chi connectivity index (χ1) is 8.36. The Balaban J connectivity index is 1.90. The molecule has 90 valence electrons. The number of nitrogens with one attached hydrogen (secondary N) is 2. The molecule has 2 aromatic rings. The van der Waals surface area contributed by atoms with Gasteiger partial charge in [0.25, 0.3) is 0 Å². The second kappa shape index (κ2) is 4.33. The number of fused-ring (bicyclic) bond motifs is 1. The average molecular weight is 232 g/mol. The minimum Gasteiger partial charge on any atom is -0.437 e. The molecule has 0 saturated carbocycles. The van der Waals surface area contributed by atoms with E-state index >= 15 is 0 Å². The summed E-state index contributed by atoms with van der Waals surface area (Å²) in [5, 5.41) is 6.44. The van der Waals surface area contributed by atoms with Crippen LogP contribution in [0, 0.1) is 5.92 Å². The lowest BCUT2D eigenvalue weighted by molar-refractivity contribution is 0.463. The first-order valence-electron chi connectivity index (χ1n) is 5.99. The van der Waals surface area contributed by atoms with E-state index in [0.717, 1.165) is 36.7 Å². The summed E-state index contributed by atoms with van der Waals surface area (Å²) in [4.78, 5) is 8.66. The van der Waals surface area contributed by atoms with Crippen LogP contribution in [0.15, 0.2) is 16.7 Å². The largest absolute Gasteiger partial charge is 0.437 e. The molecular weight excluding hydrogens is 216 g/mol. The standard InChI is InChI=1S/C12H16N4O/c1-13-9-3-5-15-12-11(9)17-10(16-12)6-8-2-4-14-7-8/h3,5,8,14H,2,4,6-7H2,1H3,(H,13,15). The zero-order chi connectivity index (χ0) is 11.7. The van der Waals surface area contributed by atoms with Gasteiger partial charge in [-0.2, -0.15) is 4.98 Å². The topological polar surface area (TPSA) is 63.0 Å². The smallest absolute Gasteiger partial charge is 0.200 e. The Hall–Kier alpha value is -1.62. The molecule has 17 heavy (non-hydrogen) atoms. The van der Waals surface area contributed by atoms with Crippen LogP contribution in [-0.4, -0.2) is 30.1 Å². The van der Waals surface area contributed by atoms with Crippen LogP contribution in [0.4, 0.5) is 5.69 Å². The Bertz CT molecular complexity index is 516. The molecule has 1 atom stereocenters. The molecule has 3 heterocycles. The van der Waals surface area contributed by atoms with Crippen molar-refractivity contribution >= 4 is 16.9 Å². The summed E-state index contributed by atoms with van der Waals surface area (Å²) < 4.78 is 5.79. The highest BCUT2D eigenvalue weighted by Crippen LogP contribution is 2.24. The molecule has 1 saturated heterocycles. The highest BCUT2D eigenvalue weighted by Gasteiger charge is 2.19. The summed E-state index contributed by atoms with van der Waals surface area (Å²) in [7, 11) is 1.87. The molecule has 1 fully saturated rings. The molecule has 1 aliphatic rings. The Labute approximate surface area is 99.6 Å². The maximum atomic E-state index is 5.79. The van der Waals surface area contributed by atoms with E-state index in [0.29, 0.717) is 11.6 Å². The number of pyridine rings is 1. The van der Waals surface area contributed by atoms with E-state index < -0.39 is 0 Å². The Morgan fingerprint density at radius 2 is 2.53 bits per heavy atom. The van der Waals surface area contributed by atoms with Crippen molar-refractivity contribution in [2.45, 2.75) is 12.8 Å². The second-order valence-electron chi connectivity index (χ2n) is 4.43. The van der Waals surface area contributed by atoms with E-state index in [2.05, 4.69) is 20.6 Å². The molecule has 5 heteroatoms. The molecule has 2 N–H and O–H groups in total. The number of nitrogens with zero attached hydrogens (tertiary/aromatic N) is 2. The van der Waals surface area contributed by atoms with Gasteiger partial charge in [0, 0.05) is 19.7 Å². The molecule has 0 aromatic carbocycles. The molecule has 0 spiro atoms. The van der Waals surface area contributed by atoms with E-state index in [1.54, 1.807) is 6.20 Å². The van der Waals surface area contributed by atoms with Gasteiger partial charge in [0.1, 0.15) is 0 Å². The monoisotopic (exact) mass is 232 g/mol. The molecule has 2 aromatic heterocycles. The van der Waals surface area contributed by atoms with Crippen molar-refractivity contribution in [3.8, 4) is 0 Å². The number of rotatable bonds is 3. The van der Waals surface area contributed by atoms with Crippen LogP contribution in [0.1, 0.15) is 12.3 Å². The highest BCUT2D eigenvalue weighted by molar-refractivity contribution is 5.82. The summed E-state index contributed by atoms with van der Waals surface area (Å²) in [5.74, 6) is 1.44. The zero-order valence-electron chi connectivity index (χ0n) is 9.86. The summed E-state index contributed by atoms with van der Waals surface area (Å²) in [6.45, 7) is 2.16. The van der Waals surface area contributed by atoms with E-state index in [1.165, 1.54) is 6.42 Å². The summed E-state index contributed by atoms with van der Waals surface area (Å²) in [6, 6.07) is 1.90. The summed E-state index contributed by atoms with van der Waals surface area (Å²) in [6.07, 6.45) is 3.84. The van der Waals surface area contributed by atoms with Crippen LogP contribution < -0.4 is 10.6 Å². The van der Waals surface area contributed by atoms with Gasteiger partial charge < -0.3 is 15.1 Å². The van der Waals surface area contributed by atoms with E-state index in [4.69, 9.17) is 4.42 Å².